The SMILES string of the molecule is CC(C)C1=C2C3CCC4C(C)(CCC5C(C)(C)C(OC(=O)CC(C)(C)C(=O)O)CCC54C)C3CCC2(/C=C/C(=O)NCC2CCCCC2)CC1=O. The number of aliphatic carboxylic acids is 1. The molecule has 0 aromatic carbocycles. The van der Waals surface area contributed by atoms with Crippen LogP contribution in [0.1, 0.15) is 152 Å². The molecule has 0 aliphatic heterocycles. The number of hydrogen-bond acceptors (Lipinski definition) is 5. The third kappa shape index (κ3) is 6.68. The second kappa shape index (κ2) is 13.8. The van der Waals surface area contributed by atoms with Gasteiger partial charge >= 0.3 is 11.9 Å². The molecular weight excluding hydrogens is 638 g/mol. The van der Waals surface area contributed by atoms with Crippen LogP contribution >= 0.6 is 0 Å². The topological polar surface area (TPSA) is 110 Å². The molecular formula is C44H67NO6. The third-order valence-electron chi connectivity index (χ3n) is 15.9. The van der Waals surface area contributed by atoms with Crippen LogP contribution < -0.4 is 5.32 Å². The largest absolute Gasteiger partial charge is 0.481 e. The van der Waals surface area contributed by atoms with Crippen LogP contribution in [0.15, 0.2) is 23.3 Å². The van der Waals surface area contributed by atoms with Gasteiger partial charge < -0.3 is 15.2 Å². The zero-order valence-electron chi connectivity index (χ0n) is 33.0. The Kier molecular flexibility index (Phi) is 10.3. The first kappa shape index (κ1) is 38.3. The molecule has 0 saturated heterocycles. The Balaban J connectivity index is 1.22. The zero-order chi connectivity index (χ0) is 37.1. The molecule has 7 nitrogen and oxygen atoms in total. The number of carboxylic acid groups (broad SMARTS) is 1. The van der Waals surface area contributed by atoms with Crippen LogP contribution in [0.25, 0.3) is 0 Å². The van der Waals surface area contributed by atoms with Crippen molar-refractivity contribution in [2.75, 3.05) is 6.54 Å². The van der Waals surface area contributed by atoms with Gasteiger partial charge in [-0.25, -0.2) is 0 Å². The summed E-state index contributed by atoms with van der Waals surface area (Å²) in [6.45, 7) is 17.9. The molecule has 6 aliphatic carbocycles. The average Bonchev–Trinajstić information content (AvgIpc) is 3.36. The molecule has 2 N–H and O–H groups in total. The molecule has 5 saturated carbocycles. The van der Waals surface area contributed by atoms with Gasteiger partial charge in [0.15, 0.2) is 5.78 Å². The Morgan fingerprint density at radius 2 is 1.59 bits per heavy atom. The molecule has 6 rings (SSSR count). The lowest BCUT2D eigenvalue weighted by molar-refractivity contribution is -0.213. The summed E-state index contributed by atoms with van der Waals surface area (Å²) in [4.78, 5) is 51.8. The van der Waals surface area contributed by atoms with Crippen molar-refractivity contribution in [1.82, 2.24) is 5.32 Å². The molecule has 8 atom stereocenters. The Morgan fingerprint density at radius 3 is 2.25 bits per heavy atom. The maximum absolute atomic E-state index is 13.9. The standard InChI is InChI=1S/C44H67NO6/c1-27(2)37-31(46)24-44(23-19-35(47)45-26-28-12-10-9-11-13-28)22-16-30-29(38(37)44)14-15-33-42(30,7)20-17-32-41(5,6)34(18-21-43(32,33)8)51-36(48)25-40(3,4)39(49)50/h19,23,27-30,32-34H,9-18,20-22,24-26H2,1-8H3,(H,45,47)(H,49,50)/b23-19+. The van der Waals surface area contributed by atoms with Crippen LogP contribution in [-0.4, -0.2) is 41.4 Å². The lowest BCUT2D eigenvalue weighted by Gasteiger charge is -2.68. The highest BCUT2D eigenvalue weighted by atomic mass is 16.5. The number of carbonyl (C=O) groups is 4. The molecule has 284 valence electrons. The summed E-state index contributed by atoms with van der Waals surface area (Å²) in [5.41, 5.74) is 0.964. The lowest BCUT2D eigenvalue weighted by atomic mass is 9.36. The van der Waals surface area contributed by atoms with Crippen molar-refractivity contribution in [2.24, 2.45) is 62.6 Å². The van der Waals surface area contributed by atoms with Gasteiger partial charge in [-0.1, -0.05) is 66.9 Å². The number of rotatable bonds is 9. The molecule has 0 aromatic rings. The van der Waals surface area contributed by atoms with Gasteiger partial charge in [0.2, 0.25) is 5.91 Å². The molecule has 0 bridgehead atoms. The van der Waals surface area contributed by atoms with E-state index in [0.717, 1.165) is 63.5 Å². The lowest BCUT2D eigenvalue weighted by Crippen LogP contribution is -2.63. The summed E-state index contributed by atoms with van der Waals surface area (Å²) in [6, 6.07) is 0. The number of carboxylic acids is 1. The van der Waals surface area contributed by atoms with Crippen LogP contribution in [-0.2, 0) is 23.9 Å². The van der Waals surface area contributed by atoms with E-state index in [4.69, 9.17) is 4.74 Å². The van der Waals surface area contributed by atoms with Gasteiger partial charge in [0, 0.05) is 23.8 Å². The van der Waals surface area contributed by atoms with Crippen molar-refractivity contribution in [3.8, 4) is 0 Å². The summed E-state index contributed by atoms with van der Waals surface area (Å²) < 4.78 is 6.15. The van der Waals surface area contributed by atoms with E-state index in [1.807, 2.05) is 0 Å². The van der Waals surface area contributed by atoms with Gasteiger partial charge in [-0.05, 0) is 142 Å². The van der Waals surface area contributed by atoms with E-state index in [9.17, 15) is 24.3 Å². The second-order valence-electron chi connectivity index (χ2n) is 20.0. The second-order valence-corrected chi connectivity index (χ2v) is 20.0. The predicted molar refractivity (Wildman–Crippen MR) is 199 cm³/mol. The number of hydrogen-bond donors (Lipinski definition) is 2. The van der Waals surface area contributed by atoms with Crippen LogP contribution in [0.5, 0.6) is 0 Å². The van der Waals surface area contributed by atoms with E-state index < -0.39 is 17.4 Å². The smallest absolute Gasteiger partial charge is 0.309 e. The number of Topliss-reactive ketones (excluding diaryl/α,β-unsaturated/α-hetero) is 1. The molecule has 0 spiro atoms. The average molecular weight is 706 g/mol. The first-order chi connectivity index (χ1) is 23.9. The maximum Gasteiger partial charge on any atom is 0.309 e. The van der Waals surface area contributed by atoms with E-state index in [1.54, 1.807) is 19.9 Å². The van der Waals surface area contributed by atoms with E-state index in [2.05, 4.69) is 52.9 Å². The minimum absolute atomic E-state index is 0.0155. The number of allylic oxidation sites excluding steroid dienone is 3. The minimum Gasteiger partial charge on any atom is -0.481 e. The Labute approximate surface area is 307 Å². The van der Waals surface area contributed by atoms with Crippen molar-refractivity contribution < 1.29 is 29.0 Å². The minimum atomic E-state index is -1.15. The van der Waals surface area contributed by atoms with E-state index in [-0.39, 0.29) is 51.8 Å². The van der Waals surface area contributed by atoms with Crippen molar-refractivity contribution in [3.63, 3.8) is 0 Å². The number of carbonyl (C=O) groups excluding carboxylic acids is 3. The van der Waals surface area contributed by atoms with Crippen molar-refractivity contribution in [2.45, 2.75) is 158 Å². The Hall–Kier alpha value is -2.44. The highest BCUT2D eigenvalue weighted by Crippen LogP contribution is 2.73. The van der Waals surface area contributed by atoms with Crippen LogP contribution in [0.2, 0.25) is 0 Å². The number of esters is 1. The van der Waals surface area contributed by atoms with Gasteiger partial charge in [-0.15, -0.1) is 0 Å². The summed E-state index contributed by atoms with van der Waals surface area (Å²) in [6.07, 6.45) is 18.5. The van der Waals surface area contributed by atoms with Crippen LogP contribution in [0.4, 0.5) is 0 Å². The highest BCUT2D eigenvalue weighted by molar-refractivity contribution is 6.01. The van der Waals surface area contributed by atoms with E-state index in [1.165, 1.54) is 37.7 Å². The van der Waals surface area contributed by atoms with E-state index in [0.29, 0.717) is 36.0 Å². The highest BCUT2D eigenvalue weighted by Gasteiger charge is 2.66. The number of amides is 1. The van der Waals surface area contributed by atoms with Crippen molar-refractivity contribution in [1.29, 1.82) is 0 Å². The molecule has 0 aromatic heterocycles. The maximum atomic E-state index is 13.9. The molecule has 1 amide bonds. The first-order valence-corrected chi connectivity index (χ1v) is 20.5. The molecule has 51 heavy (non-hydrogen) atoms. The first-order valence-electron chi connectivity index (χ1n) is 20.5. The van der Waals surface area contributed by atoms with Gasteiger partial charge in [-0.3, -0.25) is 19.2 Å². The van der Waals surface area contributed by atoms with Crippen molar-refractivity contribution >= 4 is 23.6 Å². The summed E-state index contributed by atoms with van der Waals surface area (Å²) in [7, 11) is 0. The molecule has 5 fully saturated rings. The van der Waals surface area contributed by atoms with Crippen LogP contribution in [0, 0.1) is 62.6 Å². The molecule has 8 unspecified atom stereocenters. The molecule has 7 heteroatoms. The summed E-state index contributed by atoms with van der Waals surface area (Å²) in [5.74, 6) is 1.43. The Morgan fingerprint density at radius 1 is 0.902 bits per heavy atom. The normalized spacial score (nSPS) is 38.1. The van der Waals surface area contributed by atoms with Gasteiger partial charge in [0.1, 0.15) is 6.10 Å². The monoisotopic (exact) mass is 705 g/mol. The van der Waals surface area contributed by atoms with Gasteiger partial charge in [0.25, 0.3) is 0 Å². The summed E-state index contributed by atoms with van der Waals surface area (Å²) >= 11 is 0. The van der Waals surface area contributed by atoms with Crippen LogP contribution in [0.3, 0.4) is 0 Å². The fourth-order valence-electron chi connectivity index (χ4n) is 13.3. The van der Waals surface area contributed by atoms with Crippen molar-refractivity contribution in [3.05, 3.63) is 23.3 Å². The van der Waals surface area contributed by atoms with E-state index >= 15 is 0 Å². The number of fused-ring (bicyclic) bond motifs is 7. The molecule has 0 radical (unpaired) electrons. The number of ketones is 1. The predicted octanol–water partition coefficient (Wildman–Crippen LogP) is 9.24. The summed E-state index contributed by atoms with van der Waals surface area (Å²) in [5, 5.41) is 12.8. The quantitative estimate of drug-likeness (QED) is 0.183. The molecule has 6 aliphatic rings. The zero-order valence-corrected chi connectivity index (χ0v) is 33.0. The van der Waals surface area contributed by atoms with Gasteiger partial charge in [0.05, 0.1) is 11.8 Å². The fraction of sp³-hybridized carbons (Fsp3) is 0.818. The number of nitrogens with one attached hydrogen (secondary N) is 1. The fourth-order valence-corrected chi connectivity index (χ4v) is 13.3. The number of ether oxygens (including phenoxy) is 1. The third-order valence-corrected chi connectivity index (χ3v) is 15.9. The molecule has 0 heterocycles. The Bertz CT molecular complexity index is 1470. The van der Waals surface area contributed by atoms with Gasteiger partial charge in [-0.2, -0.15) is 0 Å².